The molecule has 3 aromatic rings. The van der Waals surface area contributed by atoms with Gasteiger partial charge in [0, 0.05) is 16.8 Å². The lowest BCUT2D eigenvalue weighted by molar-refractivity contribution is 0.618. The molecule has 5 heteroatoms. The quantitative estimate of drug-likeness (QED) is 0.453. The van der Waals surface area contributed by atoms with E-state index in [9.17, 15) is 4.39 Å². The van der Waals surface area contributed by atoms with Gasteiger partial charge in [-0.05, 0) is 23.8 Å². The smallest absolute Gasteiger partial charge is 0.129 e. The molecule has 0 atom stereocenters. The third-order valence-corrected chi connectivity index (χ3v) is 4.00. The zero-order chi connectivity index (χ0) is 13.9. The van der Waals surface area contributed by atoms with Gasteiger partial charge in [-0.1, -0.05) is 24.3 Å². The average Bonchev–Trinajstić information content (AvgIpc) is 2.46. The minimum Gasteiger partial charge on any atom is -0.399 e. The molecular weight excluding hydrogens is 273 g/mol. The summed E-state index contributed by atoms with van der Waals surface area (Å²) < 4.78 is 13.7. The molecule has 0 unspecified atom stereocenters. The van der Waals surface area contributed by atoms with Crippen LogP contribution in [0.1, 0.15) is 5.56 Å². The van der Waals surface area contributed by atoms with E-state index in [0.29, 0.717) is 17.0 Å². The van der Waals surface area contributed by atoms with Crippen LogP contribution in [0.2, 0.25) is 0 Å². The molecular formula is C15H12FN3S. The molecule has 0 saturated carbocycles. The summed E-state index contributed by atoms with van der Waals surface area (Å²) in [5.74, 6) is 0.225. The van der Waals surface area contributed by atoms with E-state index in [2.05, 4.69) is 9.97 Å². The number of thioether (sulfide) groups is 1. The van der Waals surface area contributed by atoms with Gasteiger partial charge in [-0.15, -0.1) is 11.8 Å². The Balaban J connectivity index is 1.87. The van der Waals surface area contributed by atoms with E-state index in [0.717, 1.165) is 15.9 Å². The normalized spacial score (nSPS) is 10.8. The van der Waals surface area contributed by atoms with Gasteiger partial charge in [-0.2, -0.15) is 0 Å². The summed E-state index contributed by atoms with van der Waals surface area (Å²) in [4.78, 5) is 8.48. The highest BCUT2D eigenvalue weighted by Crippen LogP contribution is 2.28. The van der Waals surface area contributed by atoms with Crippen molar-refractivity contribution in [1.82, 2.24) is 9.97 Å². The van der Waals surface area contributed by atoms with Gasteiger partial charge < -0.3 is 5.73 Å². The largest absolute Gasteiger partial charge is 0.399 e. The molecule has 0 aliphatic carbocycles. The van der Waals surface area contributed by atoms with Crippen LogP contribution in [-0.2, 0) is 5.75 Å². The molecule has 0 spiro atoms. The minimum absolute atomic E-state index is 0.282. The van der Waals surface area contributed by atoms with Gasteiger partial charge >= 0.3 is 0 Å². The summed E-state index contributed by atoms with van der Waals surface area (Å²) in [5.41, 5.74) is 7.48. The second kappa shape index (κ2) is 5.46. The molecule has 20 heavy (non-hydrogen) atoms. The van der Waals surface area contributed by atoms with Crippen LogP contribution < -0.4 is 5.73 Å². The lowest BCUT2D eigenvalue weighted by Crippen LogP contribution is -1.93. The van der Waals surface area contributed by atoms with Crippen LogP contribution in [0.25, 0.3) is 10.9 Å². The van der Waals surface area contributed by atoms with E-state index in [1.54, 1.807) is 12.1 Å². The molecule has 0 fully saturated rings. The molecule has 2 aromatic carbocycles. The van der Waals surface area contributed by atoms with Crippen LogP contribution in [0, 0.1) is 5.82 Å². The standard InChI is InChI=1S/C15H12FN3S/c16-13-7-11(17)6-5-10(13)8-20-15-12-3-1-2-4-14(12)18-9-19-15/h1-7,9H,8,17H2. The number of benzene rings is 2. The van der Waals surface area contributed by atoms with Crippen molar-refractivity contribution in [1.29, 1.82) is 0 Å². The first kappa shape index (κ1) is 12.9. The first-order chi connectivity index (χ1) is 9.74. The van der Waals surface area contributed by atoms with Crippen molar-refractivity contribution in [2.45, 2.75) is 10.8 Å². The number of aromatic nitrogens is 2. The number of halogens is 1. The summed E-state index contributed by atoms with van der Waals surface area (Å²) in [5, 5.41) is 1.84. The van der Waals surface area contributed by atoms with Crippen LogP contribution in [0.5, 0.6) is 0 Å². The van der Waals surface area contributed by atoms with Gasteiger partial charge in [0.2, 0.25) is 0 Å². The summed E-state index contributed by atoms with van der Waals surface area (Å²) in [6, 6.07) is 12.5. The second-order valence-corrected chi connectivity index (χ2v) is 5.30. The molecule has 0 aliphatic heterocycles. The second-order valence-electron chi connectivity index (χ2n) is 4.34. The van der Waals surface area contributed by atoms with Gasteiger partial charge in [0.1, 0.15) is 17.2 Å². The van der Waals surface area contributed by atoms with E-state index in [1.165, 1.54) is 24.2 Å². The van der Waals surface area contributed by atoms with E-state index < -0.39 is 0 Å². The molecule has 0 amide bonds. The van der Waals surface area contributed by atoms with Crippen LogP contribution >= 0.6 is 11.8 Å². The number of fused-ring (bicyclic) bond motifs is 1. The third-order valence-electron chi connectivity index (χ3n) is 2.95. The third kappa shape index (κ3) is 2.58. The Bertz CT molecular complexity index is 756. The number of hydrogen-bond acceptors (Lipinski definition) is 4. The monoisotopic (exact) mass is 285 g/mol. The van der Waals surface area contributed by atoms with Crippen LogP contribution in [0.15, 0.2) is 53.8 Å². The van der Waals surface area contributed by atoms with Crippen molar-refractivity contribution in [2.24, 2.45) is 0 Å². The Labute approximate surface area is 120 Å². The Morgan fingerprint density at radius 2 is 1.95 bits per heavy atom. The maximum Gasteiger partial charge on any atom is 0.129 e. The van der Waals surface area contributed by atoms with Gasteiger partial charge in [0.25, 0.3) is 0 Å². The maximum absolute atomic E-state index is 13.7. The predicted molar refractivity (Wildman–Crippen MR) is 79.9 cm³/mol. The van der Waals surface area contributed by atoms with Crippen LogP contribution in [-0.4, -0.2) is 9.97 Å². The fourth-order valence-electron chi connectivity index (χ4n) is 1.92. The number of nitrogens with zero attached hydrogens (tertiary/aromatic N) is 2. The topological polar surface area (TPSA) is 51.8 Å². The minimum atomic E-state index is -0.282. The predicted octanol–water partition coefficient (Wildman–Crippen LogP) is 3.64. The van der Waals surface area contributed by atoms with E-state index in [4.69, 9.17) is 5.73 Å². The number of nitrogens with two attached hydrogens (primary N) is 1. The molecule has 3 rings (SSSR count). The Morgan fingerprint density at radius 1 is 1.10 bits per heavy atom. The average molecular weight is 285 g/mol. The molecule has 0 radical (unpaired) electrons. The zero-order valence-electron chi connectivity index (χ0n) is 10.6. The molecule has 1 aromatic heterocycles. The number of hydrogen-bond donors (Lipinski definition) is 1. The van der Waals surface area contributed by atoms with Gasteiger partial charge in [0.05, 0.1) is 5.52 Å². The fraction of sp³-hybridized carbons (Fsp3) is 0.0667. The first-order valence-electron chi connectivity index (χ1n) is 6.10. The summed E-state index contributed by atoms with van der Waals surface area (Å²) in [7, 11) is 0. The van der Waals surface area contributed by atoms with Gasteiger partial charge in [-0.25, -0.2) is 14.4 Å². The Kier molecular flexibility index (Phi) is 3.52. The summed E-state index contributed by atoms with van der Waals surface area (Å²) in [6.07, 6.45) is 1.53. The number of nitrogen functional groups attached to an aromatic ring is 1. The SMILES string of the molecule is Nc1ccc(CSc2ncnc3ccccc23)c(F)c1. The Morgan fingerprint density at radius 3 is 2.80 bits per heavy atom. The number of para-hydroxylation sites is 1. The summed E-state index contributed by atoms with van der Waals surface area (Å²) in [6.45, 7) is 0. The molecule has 100 valence electrons. The van der Waals surface area contributed by atoms with E-state index >= 15 is 0 Å². The molecule has 2 N–H and O–H groups in total. The summed E-state index contributed by atoms with van der Waals surface area (Å²) >= 11 is 1.49. The highest BCUT2D eigenvalue weighted by molar-refractivity contribution is 7.98. The van der Waals surface area contributed by atoms with Crippen molar-refractivity contribution >= 4 is 28.4 Å². The van der Waals surface area contributed by atoms with Crippen molar-refractivity contribution in [2.75, 3.05) is 5.73 Å². The maximum atomic E-state index is 13.7. The lowest BCUT2D eigenvalue weighted by Gasteiger charge is -2.06. The van der Waals surface area contributed by atoms with E-state index in [-0.39, 0.29) is 5.82 Å². The zero-order valence-corrected chi connectivity index (χ0v) is 11.4. The molecule has 1 heterocycles. The Hall–Kier alpha value is -2.14. The van der Waals surface area contributed by atoms with Gasteiger partial charge in [0.15, 0.2) is 0 Å². The number of anilines is 1. The van der Waals surface area contributed by atoms with Crippen LogP contribution in [0.4, 0.5) is 10.1 Å². The molecule has 0 aliphatic rings. The first-order valence-corrected chi connectivity index (χ1v) is 7.09. The molecule has 0 saturated heterocycles. The fourth-order valence-corrected chi connectivity index (χ4v) is 2.90. The van der Waals surface area contributed by atoms with Crippen molar-refractivity contribution in [3.8, 4) is 0 Å². The van der Waals surface area contributed by atoms with E-state index in [1.807, 2.05) is 24.3 Å². The highest BCUT2D eigenvalue weighted by Gasteiger charge is 2.07. The molecule has 0 bridgehead atoms. The lowest BCUT2D eigenvalue weighted by atomic mass is 10.2. The molecule has 3 nitrogen and oxygen atoms in total. The van der Waals surface area contributed by atoms with Crippen LogP contribution in [0.3, 0.4) is 0 Å². The van der Waals surface area contributed by atoms with Crippen molar-refractivity contribution in [3.63, 3.8) is 0 Å². The van der Waals surface area contributed by atoms with Crippen molar-refractivity contribution in [3.05, 3.63) is 60.2 Å². The number of rotatable bonds is 3. The van der Waals surface area contributed by atoms with Crippen molar-refractivity contribution < 1.29 is 4.39 Å². The highest BCUT2D eigenvalue weighted by atomic mass is 32.2. The van der Waals surface area contributed by atoms with Gasteiger partial charge in [-0.3, -0.25) is 0 Å².